The molecule has 0 saturated carbocycles. The average molecular weight is 373 g/mol. The van der Waals surface area contributed by atoms with E-state index in [0.717, 1.165) is 17.1 Å². The highest BCUT2D eigenvalue weighted by Gasteiger charge is 2.22. The van der Waals surface area contributed by atoms with E-state index >= 15 is 0 Å². The van der Waals surface area contributed by atoms with Gasteiger partial charge in [0.25, 0.3) is 0 Å². The fourth-order valence-electron chi connectivity index (χ4n) is 2.42. The van der Waals surface area contributed by atoms with Crippen molar-refractivity contribution >= 4 is 17.7 Å². The molecule has 0 spiro atoms. The van der Waals surface area contributed by atoms with Crippen molar-refractivity contribution in [2.75, 3.05) is 14.2 Å². The quantitative estimate of drug-likeness (QED) is 0.464. The molecule has 0 N–H and O–H groups in total. The molecule has 136 valence electrons. The van der Waals surface area contributed by atoms with E-state index in [0.29, 0.717) is 17.5 Å². The first-order chi connectivity index (χ1) is 12.6. The third kappa shape index (κ3) is 3.91. The predicted molar refractivity (Wildman–Crippen MR) is 97.2 cm³/mol. The number of thioether (sulfide) groups is 1. The van der Waals surface area contributed by atoms with Gasteiger partial charge in [-0.25, -0.2) is 0 Å². The van der Waals surface area contributed by atoms with E-state index in [9.17, 15) is 4.79 Å². The van der Waals surface area contributed by atoms with Crippen molar-refractivity contribution in [1.29, 1.82) is 0 Å². The van der Waals surface area contributed by atoms with E-state index in [4.69, 9.17) is 13.9 Å². The number of hydrogen-bond acceptors (Lipinski definition) is 7. The molecule has 1 aromatic carbocycles. The molecule has 1 atom stereocenters. The first kappa shape index (κ1) is 18.1. The predicted octanol–water partition coefficient (Wildman–Crippen LogP) is 3.25. The summed E-state index contributed by atoms with van der Waals surface area (Å²) in [5.41, 5.74) is 0.862. The molecule has 0 aliphatic rings. The Kier molecular flexibility index (Phi) is 5.62. The maximum absolute atomic E-state index is 11.8. The van der Waals surface area contributed by atoms with Gasteiger partial charge < -0.3 is 13.9 Å². The Labute approximate surface area is 155 Å². The number of hydrogen-bond donors (Lipinski definition) is 0. The second-order valence-electron chi connectivity index (χ2n) is 5.49. The second kappa shape index (κ2) is 8.09. The number of furan rings is 1. The third-order valence-electron chi connectivity index (χ3n) is 3.75. The Morgan fingerprint density at radius 1 is 1.27 bits per heavy atom. The van der Waals surface area contributed by atoms with Crippen LogP contribution in [0.15, 0.2) is 52.2 Å². The van der Waals surface area contributed by atoms with Crippen molar-refractivity contribution < 1.29 is 18.7 Å². The molecule has 0 fully saturated rings. The average Bonchev–Trinajstić information content (AvgIpc) is 3.32. The van der Waals surface area contributed by atoms with Crippen LogP contribution >= 0.6 is 11.8 Å². The fraction of sp³-hybridized carbons (Fsp3) is 0.278. The molecule has 0 aliphatic heterocycles. The first-order valence-electron chi connectivity index (χ1n) is 7.97. The third-order valence-corrected chi connectivity index (χ3v) is 4.81. The highest BCUT2D eigenvalue weighted by molar-refractivity contribution is 8.00. The van der Waals surface area contributed by atoms with Crippen molar-refractivity contribution in [1.82, 2.24) is 14.8 Å². The molecule has 0 amide bonds. The Hall–Kier alpha value is -2.74. The van der Waals surface area contributed by atoms with Gasteiger partial charge >= 0.3 is 5.97 Å². The largest absolute Gasteiger partial charge is 0.497 e. The molecule has 0 saturated heterocycles. The lowest BCUT2D eigenvalue weighted by molar-refractivity contribution is -0.139. The van der Waals surface area contributed by atoms with Crippen molar-refractivity contribution in [2.24, 2.45) is 0 Å². The van der Waals surface area contributed by atoms with Gasteiger partial charge in [-0.2, -0.15) is 0 Å². The number of benzene rings is 1. The van der Waals surface area contributed by atoms with Crippen LogP contribution in [0.3, 0.4) is 0 Å². The summed E-state index contributed by atoms with van der Waals surface area (Å²) >= 11 is 1.29. The minimum absolute atomic E-state index is 0.314. The van der Waals surface area contributed by atoms with Gasteiger partial charge in [0.05, 0.1) is 27.0 Å². The Bertz CT molecular complexity index is 876. The van der Waals surface area contributed by atoms with Crippen LogP contribution in [0.1, 0.15) is 12.7 Å². The van der Waals surface area contributed by atoms with Crippen LogP contribution in [0.4, 0.5) is 0 Å². The molecule has 3 aromatic rings. The van der Waals surface area contributed by atoms with Crippen LogP contribution in [0.25, 0.3) is 11.4 Å². The molecule has 0 bridgehead atoms. The zero-order chi connectivity index (χ0) is 18.5. The maximum Gasteiger partial charge on any atom is 0.318 e. The monoisotopic (exact) mass is 373 g/mol. The van der Waals surface area contributed by atoms with Crippen molar-refractivity contribution in [3.8, 4) is 17.1 Å². The molecule has 26 heavy (non-hydrogen) atoms. The number of carbonyl (C=O) groups excluding carboxylic acids is 1. The highest BCUT2D eigenvalue weighted by Crippen LogP contribution is 2.29. The first-order valence-corrected chi connectivity index (χ1v) is 8.85. The summed E-state index contributed by atoms with van der Waals surface area (Å²) in [5.74, 6) is 1.85. The minimum atomic E-state index is -0.405. The molecule has 0 radical (unpaired) electrons. The number of methoxy groups -OCH3 is 2. The standard InChI is InChI=1S/C18H19N3O4S/c1-12(17(22)24-3)26-18-20-19-16(13-6-4-7-14(10-13)23-2)21(18)11-15-8-5-9-25-15/h4-10,12H,11H2,1-3H3/t12-/m0/s1. The molecule has 7 nitrogen and oxygen atoms in total. The number of aromatic nitrogens is 3. The van der Waals surface area contributed by atoms with Gasteiger partial charge in [0, 0.05) is 5.56 Å². The molecule has 0 aliphatic carbocycles. The van der Waals surface area contributed by atoms with E-state index in [1.807, 2.05) is 41.0 Å². The van der Waals surface area contributed by atoms with Crippen LogP contribution in [0, 0.1) is 0 Å². The summed E-state index contributed by atoms with van der Waals surface area (Å²) < 4.78 is 17.5. The van der Waals surface area contributed by atoms with Crippen molar-refractivity contribution in [3.63, 3.8) is 0 Å². The summed E-state index contributed by atoms with van der Waals surface area (Å²) in [6.07, 6.45) is 1.62. The van der Waals surface area contributed by atoms with E-state index in [-0.39, 0.29) is 5.97 Å². The lowest BCUT2D eigenvalue weighted by atomic mass is 10.2. The van der Waals surface area contributed by atoms with E-state index in [1.54, 1.807) is 20.3 Å². The molecule has 2 heterocycles. The van der Waals surface area contributed by atoms with Crippen molar-refractivity contribution in [3.05, 3.63) is 48.4 Å². The van der Waals surface area contributed by atoms with Gasteiger partial charge in [-0.1, -0.05) is 23.9 Å². The molecular weight excluding hydrogens is 354 g/mol. The van der Waals surface area contributed by atoms with Crippen LogP contribution in [-0.2, 0) is 16.1 Å². The van der Waals surface area contributed by atoms with E-state index in [2.05, 4.69) is 10.2 Å². The van der Waals surface area contributed by atoms with Crippen LogP contribution < -0.4 is 4.74 Å². The number of nitrogens with zero attached hydrogens (tertiary/aromatic N) is 3. The number of esters is 1. The van der Waals surface area contributed by atoms with Gasteiger partial charge in [-0.15, -0.1) is 10.2 Å². The number of carbonyl (C=O) groups is 1. The molecule has 0 unspecified atom stereocenters. The zero-order valence-electron chi connectivity index (χ0n) is 14.7. The Morgan fingerprint density at radius 2 is 2.12 bits per heavy atom. The van der Waals surface area contributed by atoms with Crippen LogP contribution in [0.5, 0.6) is 5.75 Å². The number of ether oxygens (including phenoxy) is 2. The lowest BCUT2D eigenvalue weighted by Crippen LogP contribution is -2.16. The summed E-state index contributed by atoms with van der Waals surface area (Å²) in [7, 11) is 2.99. The van der Waals surface area contributed by atoms with Gasteiger partial charge in [-0.05, 0) is 31.2 Å². The normalized spacial score (nSPS) is 12.0. The summed E-state index contributed by atoms with van der Waals surface area (Å²) in [6.45, 7) is 2.22. The highest BCUT2D eigenvalue weighted by atomic mass is 32.2. The minimum Gasteiger partial charge on any atom is -0.497 e. The summed E-state index contributed by atoms with van der Waals surface area (Å²) in [4.78, 5) is 11.8. The van der Waals surface area contributed by atoms with E-state index < -0.39 is 5.25 Å². The SMILES string of the molecule is COC(=O)[C@H](C)Sc1nnc(-c2cccc(OC)c2)n1Cc1ccco1. The van der Waals surface area contributed by atoms with Gasteiger partial charge in [0.2, 0.25) is 0 Å². The maximum atomic E-state index is 11.8. The Balaban J connectivity index is 1.99. The smallest absolute Gasteiger partial charge is 0.318 e. The zero-order valence-corrected chi connectivity index (χ0v) is 15.5. The van der Waals surface area contributed by atoms with Crippen molar-refractivity contribution in [2.45, 2.75) is 23.9 Å². The summed E-state index contributed by atoms with van der Waals surface area (Å²) in [6, 6.07) is 11.3. The molecule has 3 rings (SSSR count). The van der Waals surface area contributed by atoms with Crippen LogP contribution in [-0.4, -0.2) is 40.2 Å². The van der Waals surface area contributed by atoms with Gasteiger partial charge in [-0.3, -0.25) is 9.36 Å². The molecule has 8 heteroatoms. The van der Waals surface area contributed by atoms with Gasteiger partial charge in [0.1, 0.15) is 16.8 Å². The molecular formula is C18H19N3O4S. The lowest BCUT2D eigenvalue weighted by Gasteiger charge is -2.12. The van der Waals surface area contributed by atoms with Crippen LogP contribution in [0.2, 0.25) is 0 Å². The van der Waals surface area contributed by atoms with E-state index in [1.165, 1.54) is 18.9 Å². The van der Waals surface area contributed by atoms with Gasteiger partial charge in [0.15, 0.2) is 11.0 Å². The number of rotatable bonds is 7. The summed E-state index contributed by atoms with van der Waals surface area (Å²) in [5, 5.41) is 8.80. The topological polar surface area (TPSA) is 79.4 Å². The second-order valence-corrected chi connectivity index (χ2v) is 6.79. The Morgan fingerprint density at radius 3 is 2.81 bits per heavy atom. The molecule has 2 aromatic heterocycles. The fourth-order valence-corrected chi connectivity index (χ4v) is 3.30.